The Morgan fingerprint density at radius 2 is 1.00 bits per heavy atom. The lowest BCUT2D eigenvalue weighted by atomic mass is 10.1. The number of aryl methyl sites for hydroxylation is 1. The molecule has 0 aliphatic carbocycles. The second-order valence-corrected chi connectivity index (χ2v) is 12.4. The molecule has 0 heterocycles. The fourth-order valence-electron chi connectivity index (χ4n) is 3.86. The lowest BCUT2D eigenvalue weighted by Crippen LogP contribution is -2.19. The van der Waals surface area contributed by atoms with Crippen molar-refractivity contribution < 1.29 is 34.0 Å². The molecule has 0 bridgehead atoms. The number of hydrogen-bond donors (Lipinski definition) is 0. The summed E-state index contributed by atoms with van der Waals surface area (Å²) in [4.78, 5) is -1.04. The Bertz CT molecular complexity index is 1440. The van der Waals surface area contributed by atoms with E-state index in [2.05, 4.69) is 0 Å². The molecule has 0 amide bonds. The van der Waals surface area contributed by atoms with Crippen molar-refractivity contribution in [3.8, 4) is 0 Å². The molecule has 0 aliphatic heterocycles. The van der Waals surface area contributed by atoms with E-state index < -0.39 is 54.4 Å². The van der Waals surface area contributed by atoms with Crippen molar-refractivity contribution in [2.75, 3.05) is 0 Å². The molecule has 0 fully saturated rings. The smallest absolute Gasteiger partial charge is 0.203 e. The molecule has 0 N–H and O–H groups in total. The predicted octanol–water partition coefficient (Wildman–Crippen LogP) is 7.94. The predicted molar refractivity (Wildman–Crippen MR) is 130 cm³/mol. The van der Waals surface area contributed by atoms with Gasteiger partial charge in [-0.2, -0.15) is 8.42 Å². The van der Waals surface area contributed by atoms with E-state index in [9.17, 15) is 30.4 Å². The second-order valence-electron chi connectivity index (χ2n) is 8.00. The first-order chi connectivity index (χ1) is 17.6. The molecule has 0 aliphatic rings. The van der Waals surface area contributed by atoms with Crippen molar-refractivity contribution in [2.24, 2.45) is 0 Å². The first-order valence-electron chi connectivity index (χ1n) is 11.1. The zero-order valence-corrected chi connectivity index (χ0v) is 21.1. The maximum atomic E-state index is 14.6. The highest BCUT2D eigenvalue weighted by Gasteiger charge is 2.42. The van der Waals surface area contributed by atoms with Crippen molar-refractivity contribution in [3.05, 3.63) is 120 Å². The van der Waals surface area contributed by atoms with Crippen molar-refractivity contribution in [3.63, 3.8) is 0 Å². The fraction of sp³-hybridized carbons (Fsp3) is 0.111. The van der Waals surface area contributed by atoms with E-state index in [0.29, 0.717) is 14.7 Å². The summed E-state index contributed by atoms with van der Waals surface area (Å²) in [7, 11) is -8.86. The SMILES string of the molecule is CCCc1ccc(S(OS(=O)(=O)c2c(F)c(F)c(F)c(F)c2F)(c2ccccc2)c2ccccc2)cc1. The van der Waals surface area contributed by atoms with E-state index in [0.717, 1.165) is 18.4 Å². The Hall–Kier alpha value is -3.21. The zero-order valence-electron chi connectivity index (χ0n) is 19.4. The summed E-state index contributed by atoms with van der Waals surface area (Å²) >= 11 is 0. The van der Waals surface area contributed by atoms with Gasteiger partial charge in [0.1, 0.15) is 0 Å². The minimum absolute atomic E-state index is 0.330. The lowest BCUT2D eigenvalue weighted by molar-refractivity contribution is 0.354. The highest BCUT2D eigenvalue weighted by molar-refractivity contribution is 8.33. The second kappa shape index (κ2) is 10.6. The van der Waals surface area contributed by atoms with Gasteiger partial charge < -0.3 is 0 Å². The van der Waals surface area contributed by atoms with Crippen LogP contribution in [0.5, 0.6) is 0 Å². The van der Waals surface area contributed by atoms with Crippen LogP contribution in [0.2, 0.25) is 0 Å². The van der Waals surface area contributed by atoms with Gasteiger partial charge in [-0.3, -0.25) is 0 Å². The molecule has 4 rings (SSSR count). The van der Waals surface area contributed by atoms with Crippen LogP contribution in [0.1, 0.15) is 18.9 Å². The van der Waals surface area contributed by atoms with Crippen molar-refractivity contribution in [1.29, 1.82) is 0 Å². The third-order valence-electron chi connectivity index (χ3n) is 5.56. The van der Waals surface area contributed by atoms with Crippen LogP contribution in [-0.2, 0) is 20.2 Å². The molecule has 10 heteroatoms. The van der Waals surface area contributed by atoms with Gasteiger partial charge >= 0.3 is 10.1 Å². The Balaban J connectivity index is 2.04. The van der Waals surface area contributed by atoms with Gasteiger partial charge in [-0.05, 0) is 58.7 Å². The Morgan fingerprint density at radius 1 is 0.595 bits per heavy atom. The molecule has 0 saturated heterocycles. The number of benzene rings is 4. The molecule has 194 valence electrons. The molecule has 0 aromatic heterocycles. The molecule has 4 aromatic carbocycles. The van der Waals surface area contributed by atoms with Crippen LogP contribution in [0.4, 0.5) is 22.0 Å². The molecule has 0 radical (unpaired) electrons. The molecule has 0 spiro atoms. The van der Waals surface area contributed by atoms with Gasteiger partial charge in [0.15, 0.2) is 28.2 Å². The van der Waals surface area contributed by atoms with E-state index >= 15 is 0 Å². The first-order valence-corrected chi connectivity index (χ1v) is 14.1. The van der Waals surface area contributed by atoms with E-state index in [-0.39, 0.29) is 0 Å². The summed E-state index contributed by atoms with van der Waals surface area (Å²) in [5.41, 5.74) is 0.961. The molecule has 37 heavy (non-hydrogen) atoms. The molecule has 3 nitrogen and oxygen atoms in total. The van der Waals surface area contributed by atoms with Crippen LogP contribution in [0.15, 0.2) is 105 Å². The third-order valence-corrected chi connectivity index (χ3v) is 10.8. The van der Waals surface area contributed by atoms with Crippen LogP contribution >= 0.6 is 10.3 Å². The maximum Gasteiger partial charge on any atom is 0.313 e. The number of rotatable bonds is 8. The summed E-state index contributed by atoms with van der Waals surface area (Å²) in [6.07, 6.45) is 1.61. The monoisotopic (exact) mass is 552 g/mol. The van der Waals surface area contributed by atoms with Crippen LogP contribution in [-0.4, -0.2) is 8.42 Å². The van der Waals surface area contributed by atoms with Crippen molar-refractivity contribution in [1.82, 2.24) is 0 Å². The molecular weight excluding hydrogens is 531 g/mol. The Labute approximate surface area is 213 Å². The van der Waals surface area contributed by atoms with Crippen LogP contribution in [0, 0.1) is 29.1 Å². The van der Waals surface area contributed by atoms with Gasteiger partial charge in [0.25, 0.3) is 0 Å². The van der Waals surface area contributed by atoms with Crippen LogP contribution < -0.4 is 0 Å². The normalized spacial score (nSPS) is 12.5. The topological polar surface area (TPSA) is 43.4 Å². The Morgan fingerprint density at radius 3 is 1.43 bits per heavy atom. The average Bonchev–Trinajstić information content (AvgIpc) is 2.91. The van der Waals surface area contributed by atoms with Gasteiger partial charge in [-0.25, -0.2) is 25.6 Å². The van der Waals surface area contributed by atoms with Gasteiger partial charge in [0.2, 0.25) is 5.82 Å². The molecule has 0 unspecified atom stereocenters. The summed E-state index contributed by atoms with van der Waals surface area (Å²) < 4.78 is 104. The quantitative estimate of drug-likeness (QED) is 0.127. The third kappa shape index (κ3) is 4.88. The highest BCUT2D eigenvalue weighted by Crippen LogP contribution is 2.70. The number of hydrogen-bond acceptors (Lipinski definition) is 3. The van der Waals surface area contributed by atoms with E-state index in [1.165, 1.54) is 0 Å². The first kappa shape index (κ1) is 26.8. The minimum Gasteiger partial charge on any atom is -0.203 e. The van der Waals surface area contributed by atoms with Crippen molar-refractivity contribution >= 4 is 20.4 Å². The summed E-state index contributed by atoms with van der Waals surface area (Å²) in [5.74, 6) is -12.2. The standard InChI is InChI=1S/C27H21F5O3S2/c1-2-9-18-14-16-21(17-15-18)36(19-10-5-3-6-11-19,20-12-7-4-8-13-20)35-37(33,34)27-25(31)23(29)22(28)24(30)26(27)32/h3-8,10-17H,2,9H2,1H3. The minimum atomic E-state index is -5.57. The Kier molecular flexibility index (Phi) is 7.72. The van der Waals surface area contributed by atoms with Crippen molar-refractivity contribution in [2.45, 2.75) is 39.3 Å². The van der Waals surface area contributed by atoms with Gasteiger partial charge in [-0.15, -0.1) is 0 Å². The van der Waals surface area contributed by atoms with Gasteiger partial charge in [0, 0.05) is 14.7 Å². The van der Waals surface area contributed by atoms with E-state index in [1.54, 1.807) is 84.9 Å². The van der Waals surface area contributed by atoms with Gasteiger partial charge in [-0.1, -0.05) is 61.9 Å². The molecular formula is C27H21F5O3S2. The average molecular weight is 553 g/mol. The maximum absolute atomic E-state index is 14.6. The summed E-state index contributed by atoms with van der Waals surface area (Å²) in [6, 6.07) is 23.0. The van der Waals surface area contributed by atoms with Crippen LogP contribution in [0.25, 0.3) is 0 Å². The molecule has 0 atom stereocenters. The number of halogens is 5. The van der Waals surface area contributed by atoms with Gasteiger partial charge in [0.05, 0.1) is 0 Å². The summed E-state index contributed by atoms with van der Waals surface area (Å²) in [5, 5.41) is 0. The zero-order chi connectivity index (χ0) is 26.8. The van der Waals surface area contributed by atoms with E-state index in [1.807, 2.05) is 6.92 Å². The summed E-state index contributed by atoms with van der Waals surface area (Å²) in [6.45, 7) is 2.00. The van der Waals surface area contributed by atoms with E-state index in [4.69, 9.17) is 3.63 Å². The molecule has 0 saturated carbocycles. The van der Waals surface area contributed by atoms with Crippen LogP contribution in [0.3, 0.4) is 0 Å². The lowest BCUT2D eigenvalue weighted by Gasteiger charge is -2.39. The largest absolute Gasteiger partial charge is 0.313 e. The molecule has 4 aromatic rings. The fourth-order valence-corrected chi connectivity index (χ4v) is 9.18. The highest BCUT2D eigenvalue weighted by atomic mass is 32.3.